The highest BCUT2D eigenvalue weighted by atomic mass is 31.2. The second-order valence-corrected chi connectivity index (χ2v) is 14.9. The first-order valence-corrected chi connectivity index (χ1v) is 20.0. The van der Waals surface area contributed by atoms with Crippen molar-refractivity contribution in [3.8, 4) is 0 Å². The molecule has 2 atom stereocenters. The van der Waals surface area contributed by atoms with Gasteiger partial charge in [0.1, 0.15) is 6.61 Å². The predicted molar refractivity (Wildman–Crippen MR) is 176 cm³/mol. The molecule has 2 aliphatic carbocycles. The lowest BCUT2D eigenvalue weighted by atomic mass is 9.81. The first-order valence-electron chi connectivity index (χ1n) is 18.5. The van der Waals surface area contributed by atoms with E-state index >= 15 is 0 Å². The minimum atomic E-state index is -4.61. The zero-order valence-electron chi connectivity index (χ0n) is 28.2. The largest absolute Gasteiger partial charge is 0.756 e. The Labute approximate surface area is 274 Å². The fourth-order valence-electron chi connectivity index (χ4n) is 6.08. The maximum Gasteiger partial charge on any atom is 0.306 e. The molecule has 2 N–H and O–H groups in total. The van der Waals surface area contributed by atoms with Gasteiger partial charge in [-0.2, -0.15) is 0 Å². The van der Waals surface area contributed by atoms with Gasteiger partial charge in [-0.25, -0.2) is 0 Å². The van der Waals surface area contributed by atoms with E-state index < -0.39 is 26.5 Å². The van der Waals surface area contributed by atoms with Gasteiger partial charge in [-0.3, -0.25) is 14.2 Å². The lowest BCUT2D eigenvalue weighted by molar-refractivity contribution is -0.228. The van der Waals surface area contributed by atoms with E-state index in [1.165, 1.54) is 116 Å². The van der Waals surface area contributed by atoms with E-state index in [0.29, 0.717) is 6.42 Å². The molecule has 2 fully saturated rings. The van der Waals surface area contributed by atoms with Crippen molar-refractivity contribution in [3.05, 3.63) is 0 Å². The van der Waals surface area contributed by atoms with E-state index in [1.54, 1.807) is 0 Å². The maximum atomic E-state index is 12.5. The normalized spacial score (nSPS) is 17.3. The summed E-state index contributed by atoms with van der Waals surface area (Å²) in [5.41, 5.74) is 5.30. The second-order valence-electron chi connectivity index (χ2n) is 13.5. The monoisotopic (exact) mass is 658 g/mol. The number of nitrogens with two attached hydrogens (primary N) is 1. The molecular weight excluding hydrogens is 593 g/mol. The molecule has 264 valence electrons. The maximum absolute atomic E-state index is 12.5. The van der Waals surface area contributed by atoms with Crippen LogP contribution >= 0.6 is 7.82 Å². The molecule has 1 unspecified atom stereocenters. The lowest BCUT2D eigenvalue weighted by Gasteiger charge is -2.25. The number of carbonyl (C=O) groups excluding carboxylic acids is 2. The van der Waals surface area contributed by atoms with Gasteiger partial charge in [0.15, 0.2) is 6.10 Å². The Bertz CT molecular complexity index is 805. The van der Waals surface area contributed by atoms with Crippen LogP contribution in [0.4, 0.5) is 0 Å². The van der Waals surface area contributed by atoms with Crippen LogP contribution in [0.3, 0.4) is 0 Å². The number of ether oxygens (including phenoxy) is 2. The summed E-state index contributed by atoms with van der Waals surface area (Å²) in [7, 11) is -4.61. The molecule has 0 bridgehead atoms. The quantitative estimate of drug-likeness (QED) is 0.0443. The zero-order chi connectivity index (χ0) is 32.4. The van der Waals surface area contributed by atoms with Gasteiger partial charge in [0.05, 0.1) is 13.2 Å². The predicted octanol–water partition coefficient (Wildman–Crippen LogP) is 8.30. The van der Waals surface area contributed by atoms with E-state index in [4.69, 9.17) is 19.7 Å². The average Bonchev–Trinajstić information content (AvgIpc) is 2.97. The Morgan fingerprint density at radius 2 is 1.09 bits per heavy atom. The first-order chi connectivity index (χ1) is 21.9. The zero-order valence-corrected chi connectivity index (χ0v) is 29.1. The Morgan fingerprint density at radius 1 is 0.644 bits per heavy atom. The fraction of sp³-hybridized carbons (Fsp3) is 0.943. The summed E-state index contributed by atoms with van der Waals surface area (Å²) >= 11 is 0. The van der Waals surface area contributed by atoms with Crippen LogP contribution in [0.1, 0.15) is 167 Å². The van der Waals surface area contributed by atoms with Gasteiger partial charge in [-0.15, -0.1) is 0 Å². The molecule has 9 nitrogen and oxygen atoms in total. The molecule has 2 rings (SSSR count). The second kappa shape index (κ2) is 26.0. The lowest BCUT2D eigenvalue weighted by Crippen LogP contribution is -2.30. The van der Waals surface area contributed by atoms with Crippen LogP contribution in [0.2, 0.25) is 0 Å². The summed E-state index contributed by atoms with van der Waals surface area (Å²) in [4.78, 5) is 36.7. The highest BCUT2D eigenvalue weighted by Crippen LogP contribution is 2.38. The standard InChI is InChI=1S/C35H66NO8P/c36-27-28-42-45(39,40)43-30-33(44-35(38)26-16-12-8-4-2-6-10-14-20-32-23-18-24-32)29-41-34(37)25-15-11-7-3-1-5-9-13-19-31-21-17-22-31/h31-33H,1-30,36H2,(H,39,40)/p-1/t33-/m0/s1. The molecule has 45 heavy (non-hydrogen) atoms. The molecule has 0 spiro atoms. The van der Waals surface area contributed by atoms with E-state index in [2.05, 4.69) is 4.52 Å². The van der Waals surface area contributed by atoms with Crippen LogP contribution in [0.5, 0.6) is 0 Å². The van der Waals surface area contributed by atoms with E-state index in [1.807, 2.05) is 0 Å². The molecule has 0 aromatic carbocycles. The van der Waals surface area contributed by atoms with Crippen molar-refractivity contribution in [1.29, 1.82) is 0 Å². The van der Waals surface area contributed by atoms with Crippen LogP contribution in [-0.2, 0) is 32.7 Å². The molecule has 0 radical (unpaired) electrons. The van der Waals surface area contributed by atoms with Crippen molar-refractivity contribution in [2.24, 2.45) is 17.6 Å². The minimum Gasteiger partial charge on any atom is -0.756 e. The SMILES string of the molecule is NCCOP(=O)([O-])OC[C@H](COC(=O)CCCCCCCCCCC1CCC1)OC(=O)CCCCCCCCCCC1CCC1. The summed E-state index contributed by atoms with van der Waals surface area (Å²) in [6, 6.07) is 0. The van der Waals surface area contributed by atoms with Gasteiger partial charge in [0.2, 0.25) is 0 Å². The van der Waals surface area contributed by atoms with Crippen molar-refractivity contribution in [2.75, 3.05) is 26.4 Å². The van der Waals surface area contributed by atoms with Crippen molar-refractivity contribution in [3.63, 3.8) is 0 Å². The van der Waals surface area contributed by atoms with Gasteiger partial charge in [-0.05, 0) is 24.7 Å². The van der Waals surface area contributed by atoms with Gasteiger partial charge in [0, 0.05) is 19.4 Å². The van der Waals surface area contributed by atoms with Crippen molar-refractivity contribution in [2.45, 2.75) is 173 Å². The smallest absolute Gasteiger partial charge is 0.306 e. The van der Waals surface area contributed by atoms with Crippen LogP contribution < -0.4 is 10.6 Å². The number of esters is 2. The summed E-state index contributed by atoms with van der Waals surface area (Å²) < 4.78 is 32.2. The van der Waals surface area contributed by atoms with E-state index in [9.17, 15) is 19.0 Å². The molecule has 0 heterocycles. The summed E-state index contributed by atoms with van der Waals surface area (Å²) in [6.45, 7) is -0.928. The third kappa shape index (κ3) is 22.3. The average molecular weight is 659 g/mol. The summed E-state index contributed by atoms with van der Waals surface area (Å²) in [6.07, 6.45) is 29.2. The van der Waals surface area contributed by atoms with Gasteiger partial charge < -0.3 is 29.1 Å². The molecule has 0 aromatic heterocycles. The third-order valence-corrected chi connectivity index (χ3v) is 10.4. The van der Waals surface area contributed by atoms with Crippen molar-refractivity contribution in [1.82, 2.24) is 0 Å². The van der Waals surface area contributed by atoms with Crippen LogP contribution in [-0.4, -0.2) is 44.4 Å². The highest BCUT2D eigenvalue weighted by molar-refractivity contribution is 7.45. The van der Waals surface area contributed by atoms with E-state index in [0.717, 1.165) is 43.9 Å². The van der Waals surface area contributed by atoms with Gasteiger partial charge in [-0.1, -0.05) is 141 Å². The van der Waals surface area contributed by atoms with Crippen molar-refractivity contribution >= 4 is 19.8 Å². The molecule has 0 aromatic rings. The van der Waals surface area contributed by atoms with Crippen LogP contribution in [0.25, 0.3) is 0 Å². The van der Waals surface area contributed by atoms with E-state index in [-0.39, 0.29) is 38.6 Å². The molecule has 2 saturated carbocycles. The fourth-order valence-corrected chi connectivity index (χ4v) is 6.84. The molecule has 10 heteroatoms. The Kier molecular flexibility index (Phi) is 23.2. The topological polar surface area (TPSA) is 137 Å². The highest BCUT2D eigenvalue weighted by Gasteiger charge is 2.21. The summed E-state index contributed by atoms with van der Waals surface area (Å²) in [5, 5.41) is 0. The molecular formula is C35H65NO8P-. The van der Waals surface area contributed by atoms with Crippen molar-refractivity contribution < 1.29 is 37.6 Å². The van der Waals surface area contributed by atoms with Crippen LogP contribution in [0.15, 0.2) is 0 Å². The molecule has 0 saturated heterocycles. The number of phosphoric ester groups is 1. The first kappa shape index (κ1) is 40.2. The molecule has 2 aliphatic rings. The minimum absolute atomic E-state index is 0.0203. The third-order valence-electron chi connectivity index (χ3n) is 9.45. The Hall–Kier alpha value is -0.990. The van der Waals surface area contributed by atoms with Crippen LogP contribution in [0, 0.1) is 11.8 Å². The number of hydrogen-bond donors (Lipinski definition) is 1. The number of carbonyl (C=O) groups is 2. The van der Waals surface area contributed by atoms with Gasteiger partial charge >= 0.3 is 11.9 Å². The number of hydrogen-bond acceptors (Lipinski definition) is 9. The summed E-state index contributed by atoms with van der Waals surface area (Å²) in [5.74, 6) is 1.16. The Morgan fingerprint density at radius 3 is 1.53 bits per heavy atom. The molecule has 0 aliphatic heterocycles. The Balaban J connectivity index is 1.53. The number of phosphoric acid groups is 1. The van der Waals surface area contributed by atoms with Gasteiger partial charge in [0.25, 0.3) is 7.82 Å². The number of rotatable bonds is 31. The molecule has 0 amide bonds. The number of unbranched alkanes of at least 4 members (excludes halogenated alkanes) is 14.